The van der Waals surface area contributed by atoms with E-state index in [0.29, 0.717) is 30.5 Å². The predicted octanol–water partition coefficient (Wildman–Crippen LogP) is 3.69. The molecule has 0 heterocycles. The molecule has 0 aliphatic rings. The monoisotopic (exact) mass is 359 g/mol. The molecule has 6 nitrogen and oxygen atoms in total. The first-order chi connectivity index (χ1) is 12.5. The number of hydrogen-bond acceptors (Lipinski definition) is 5. The Morgan fingerprint density at radius 2 is 1.77 bits per heavy atom. The lowest BCUT2D eigenvalue weighted by Gasteiger charge is -2.18. The first-order valence-corrected chi connectivity index (χ1v) is 8.57. The van der Waals surface area contributed by atoms with Gasteiger partial charge in [-0.25, -0.2) is 0 Å². The van der Waals surface area contributed by atoms with Crippen LogP contribution in [0.5, 0.6) is 23.0 Å². The zero-order valence-corrected chi connectivity index (χ0v) is 15.5. The van der Waals surface area contributed by atoms with E-state index in [2.05, 4.69) is 5.32 Å². The summed E-state index contributed by atoms with van der Waals surface area (Å²) in [6.45, 7) is 6.74. The number of hydrogen-bond donors (Lipinski definition) is 2. The van der Waals surface area contributed by atoms with Gasteiger partial charge in [-0.1, -0.05) is 6.07 Å². The number of phenols is 1. The van der Waals surface area contributed by atoms with E-state index in [0.717, 1.165) is 5.56 Å². The Morgan fingerprint density at radius 1 is 1.08 bits per heavy atom. The predicted molar refractivity (Wildman–Crippen MR) is 99.3 cm³/mol. The van der Waals surface area contributed by atoms with Crippen LogP contribution in [0.3, 0.4) is 0 Å². The second kappa shape index (κ2) is 8.99. The number of methoxy groups -OCH3 is 1. The number of carbonyl (C=O) groups is 1. The lowest BCUT2D eigenvalue weighted by atomic mass is 10.1. The second-order valence-corrected chi connectivity index (χ2v) is 5.65. The van der Waals surface area contributed by atoms with Gasteiger partial charge in [0.2, 0.25) is 0 Å². The maximum absolute atomic E-state index is 12.5. The van der Waals surface area contributed by atoms with Crippen LogP contribution in [0.4, 0.5) is 0 Å². The third-order valence-corrected chi connectivity index (χ3v) is 3.86. The molecule has 0 fully saturated rings. The zero-order valence-electron chi connectivity index (χ0n) is 15.5. The molecular formula is C20H25NO5. The molecule has 6 heteroatoms. The average Bonchev–Trinajstić information content (AvgIpc) is 2.63. The fourth-order valence-electron chi connectivity index (χ4n) is 2.53. The summed E-state index contributed by atoms with van der Waals surface area (Å²) in [5, 5.41) is 12.9. The highest BCUT2D eigenvalue weighted by Gasteiger charge is 2.17. The van der Waals surface area contributed by atoms with Gasteiger partial charge in [-0.2, -0.15) is 0 Å². The quantitative estimate of drug-likeness (QED) is 0.752. The molecule has 2 N–H and O–H groups in total. The Kier molecular flexibility index (Phi) is 6.72. The fourth-order valence-corrected chi connectivity index (χ4v) is 2.53. The first kappa shape index (κ1) is 19.4. The van der Waals surface area contributed by atoms with Crippen LogP contribution in [-0.4, -0.2) is 31.3 Å². The average molecular weight is 359 g/mol. The summed E-state index contributed by atoms with van der Waals surface area (Å²) < 4.78 is 16.2. The van der Waals surface area contributed by atoms with Gasteiger partial charge in [0.25, 0.3) is 5.91 Å². The summed E-state index contributed by atoms with van der Waals surface area (Å²) in [5.41, 5.74) is 1.06. The molecule has 0 aliphatic carbocycles. The van der Waals surface area contributed by atoms with Gasteiger partial charge in [0.1, 0.15) is 11.5 Å². The number of aromatic hydroxyl groups is 1. The van der Waals surface area contributed by atoms with Crippen molar-refractivity contribution in [3.63, 3.8) is 0 Å². The highest BCUT2D eigenvalue weighted by atomic mass is 16.5. The van der Waals surface area contributed by atoms with Crippen molar-refractivity contribution >= 4 is 5.91 Å². The molecular weight excluding hydrogens is 334 g/mol. The van der Waals surface area contributed by atoms with Crippen molar-refractivity contribution in [2.45, 2.75) is 26.8 Å². The molecule has 0 aliphatic heterocycles. The molecule has 0 saturated carbocycles. The third kappa shape index (κ3) is 4.59. The zero-order chi connectivity index (χ0) is 19.1. The Labute approximate surface area is 153 Å². The van der Waals surface area contributed by atoms with Crippen LogP contribution in [-0.2, 0) is 0 Å². The van der Waals surface area contributed by atoms with Gasteiger partial charge in [-0.05, 0) is 50.6 Å². The molecule has 2 rings (SSSR count). The van der Waals surface area contributed by atoms with Crippen LogP contribution in [0, 0.1) is 0 Å². The van der Waals surface area contributed by atoms with E-state index < -0.39 is 0 Å². The number of nitrogens with one attached hydrogen (secondary N) is 1. The molecule has 0 spiro atoms. The number of benzene rings is 2. The molecule has 26 heavy (non-hydrogen) atoms. The molecule has 1 unspecified atom stereocenters. The summed E-state index contributed by atoms with van der Waals surface area (Å²) >= 11 is 0. The van der Waals surface area contributed by atoms with Gasteiger partial charge >= 0.3 is 0 Å². The van der Waals surface area contributed by atoms with Gasteiger partial charge in [-0.3, -0.25) is 4.79 Å². The molecule has 2 aromatic rings. The van der Waals surface area contributed by atoms with Crippen molar-refractivity contribution in [2.75, 3.05) is 20.3 Å². The lowest BCUT2D eigenvalue weighted by Crippen LogP contribution is -2.26. The minimum atomic E-state index is -0.371. The SMILES string of the molecule is CCOc1ccc(C(C)NC(=O)c2ccc(OC)cc2O)cc1OCC. The van der Waals surface area contributed by atoms with Gasteiger partial charge in [-0.15, -0.1) is 0 Å². The molecule has 0 saturated heterocycles. The summed E-state index contributed by atoms with van der Waals surface area (Å²) in [7, 11) is 1.50. The summed E-state index contributed by atoms with van der Waals surface area (Å²) in [4.78, 5) is 12.5. The molecule has 1 amide bonds. The van der Waals surface area contributed by atoms with E-state index in [9.17, 15) is 9.90 Å². The number of phenolic OH excluding ortho intramolecular Hbond substituents is 1. The third-order valence-electron chi connectivity index (χ3n) is 3.86. The van der Waals surface area contributed by atoms with E-state index in [1.807, 2.05) is 39.0 Å². The van der Waals surface area contributed by atoms with E-state index in [1.54, 1.807) is 6.07 Å². The Hall–Kier alpha value is -2.89. The van der Waals surface area contributed by atoms with Gasteiger partial charge in [0, 0.05) is 6.07 Å². The van der Waals surface area contributed by atoms with Crippen LogP contribution in [0.25, 0.3) is 0 Å². The summed E-state index contributed by atoms with van der Waals surface area (Å²) in [6.07, 6.45) is 0. The normalized spacial score (nSPS) is 11.5. The standard InChI is InChI=1S/C20H25NO5/c1-5-25-18-10-7-14(11-19(18)26-6-2)13(3)21-20(23)16-9-8-15(24-4)12-17(16)22/h7-13,22H,5-6H2,1-4H3,(H,21,23). The van der Waals surface area contributed by atoms with Gasteiger partial charge in [0.15, 0.2) is 11.5 Å². The number of amides is 1. The van der Waals surface area contributed by atoms with Crippen molar-refractivity contribution in [1.82, 2.24) is 5.32 Å². The van der Waals surface area contributed by atoms with E-state index in [-0.39, 0.29) is 23.3 Å². The highest BCUT2D eigenvalue weighted by molar-refractivity contribution is 5.97. The van der Waals surface area contributed by atoms with Crippen LogP contribution in [0.2, 0.25) is 0 Å². The summed E-state index contributed by atoms with van der Waals surface area (Å²) in [5.74, 6) is 1.30. The van der Waals surface area contributed by atoms with Gasteiger partial charge in [0.05, 0.1) is 31.9 Å². The van der Waals surface area contributed by atoms with Crippen LogP contribution < -0.4 is 19.5 Å². The molecule has 0 radical (unpaired) electrons. The number of carbonyl (C=O) groups excluding carboxylic acids is 1. The van der Waals surface area contributed by atoms with Crippen LogP contribution >= 0.6 is 0 Å². The van der Waals surface area contributed by atoms with Gasteiger partial charge < -0.3 is 24.6 Å². The van der Waals surface area contributed by atoms with Crippen LogP contribution in [0.15, 0.2) is 36.4 Å². The van der Waals surface area contributed by atoms with E-state index in [1.165, 1.54) is 19.2 Å². The van der Waals surface area contributed by atoms with Crippen molar-refractivity contribution < 1.29 is 24.1 Å². The Bertz CT molecular complexity index is 760. The second-order valence-electron chi connectivity index (χ2n) is 5.65. The van der Waals surface area contributed by atoms with Crippen molar-refractivity contribution in [3.05, 3.63) is 47.5 Å². The minimum Gasteiger partial charge on any atom is -0.507 e. The maximum atomic E-state index is 12.5. The maximum Gasteiger partial charge on any atom is 0.255 e. The lowest BCUT2D eigenvalue weighted by molar-refractivity contribution is 0.0937. The van der Waals surface area contributed by atoms with Crippen molar-refractivity contribution in [3.8, 4) is 23.0 Å². The first-order valence-electron chi connectivity index (χ1n) is 8.57. The summed E-state index contributed by atoms with van der Waals surface area (Å²) in [6, 6.07) is 9.85. The van der Waals surface area contributed by atoms with Crippen LogP contribution in [0.1, 0.15) is 42.7 Å². The number of rotatable bonds is 8. The molecule has 2 aromatic carbocycles. The van der Waals surface area contributed by atoms with E-state index >= 15 is 0 Å². The minimum absolute atomic E-state index is 0.129. The topological polar surface area (TPSA) is 77.0 Å². The smallest absolute Gasteiger partial charge is 0.255 e. The van der Waals surface area contributed by atoms with Crippen molar-refractivity contribution in [2.24, 2.45) is 0 Å². The molecule has 1 atom stereocenters. The molecule has 140 valence electrons. The Morgan fingerprint density at radius 3 is 2.38 bits per heavy atom. The highest BCUT2D eigenvalue weighted by Crippen LogP contribution is 2.31. The molecule has 0 bridgehead atoms. The number of ether oxygens (including phenoxy) is 3. The van der Waals surface area contributed by atoms with E-state index in [4.69, 9.17) is 14.2 Å². The fraction of sp³-hybridized carbons (Fsp3) is 0.350. The van der Waals surface area contributed by atoms with Crippen molar-refractivity contribution in [1.29, 1.82) is 0 Å². The molecule has 0 aromatic heterocycles. The Balaban J connectivity index is 2.17. The largest absolute Gasteiger partial charge is 0.507 e.